The molecule has 19 heavy (non-hydrogen) atoms. The van der Waals surface area contributed by atoms with Crippen LogP contribution >= 0.6 is 0 Å². The molecular formula is C15H29N3O. The Morgan fingerprint density at radius 1 is 1.11 bits per heavy atom. The van der Waals surface area contributed by atoms with E-state index in [1.54, 1.807) is 0 Å². The molecule has 3 saturated heterocycles. The Hall–Kier alpha value is -0.160. The number of hydrogen-bond donors (Lipinski definition) is 1. The van der Waals surface area contributed by atoms with Crippen LogP contribution in [-0.4, -0.2) is 73.9 Å². The number of piperidine rings is 1. The van der Waals surface area contributed by atoms with Gasteiger partial charge < -0.3 is 15.0 Å². The van der Waals surface area contributed by atoms with Gasteiger partial charge >= 0.3 is 0 Å². The van der Waals surface area contributed by atoms with Gasteiger partial charge in [-0.25, -0.2) is 0 Å². The van der Waals surface area contributed by atoms with E-state index in [0.717, 1.165) is 44.8 Å². The molecule has 0 aromatic heterocycles. The summed E-state index contributed by atoms with van der Waals surface area (Å²) in [5, 5.41) is 3.88. The highest BCUT2D eigenvalue weighted by molar-refractivity contribution is 4.93. The van der Waals surface area contributed by atoms with Gasteiger partial charge in [0.05, 0.1) is 13.2 Å². The molecule has 3 aliphatic rings. The van der Waals surface area contributed by atoms with E-state index < -0.39 is 0 Å². The van der Waals surface area contributed by atoms with Gasteiger partial charge in [-0.2, -0.15) is 0 Å². The maximum Gasteiger partial charge on any atom is 0.0594 e. The third-order valence-electron chi connectivity index (χ3n) is 5.30. The first-order valence-corrected chi connectivity index (χ1v) is 7.94. The molecule has 110 valence electrons. The summed E-state index contributed by atoms with van der Waals surface area (Å²) in [6.45, 7) is 13.7. The summed E-state index contributed by atoms with van der Waals surface area (Å²) in [6.07, 6.45) is 2.74. The van der Waals surface area contributed by atoms with Gasteiger partial charge in [0.1, 0.15) is 0 Å². The van der Waals surface area contributed by atoms with Gasteiger partial charge in [-0.1, -0.05) is 0 Å². The smallest absolute Gasteiger partial charge is 0.0594 e. The van der Waals surface area contributed by atoms with Crippen molar-refractivity contribution in [3.05, 3.63) is 0 Å². The van der Waals surface area contributed by atoms with Crippen LogP contribution in [0, 0.1) is 5.92 Å². The van der Waals surface area contributed by atoms with E-state index >= 15 is 0 Å². The lowest BCUT2D eigenvalue weighted by atomic mass is 9.92. The van der Waals surface area contributed by atoms with Crippen LogP contribution in [0.1, 0.15) is 26.7 Å². The first-order valence-electron chi connectivity index (χ1n) is 7.94. The second kappa shape index (κ2) is 5.68. The van der Waals surface area contributed by atoms with Crippen LogP contribution in [0.25, 0.3) is 0 Å². The molecule has 3 rings (SSSR count). The predicted molar refractivity (Wildman–Crippen MR) is 77.4 cm³/mol. The van der Waals surface area contributed by atoms with Crippen molar-refractivity contribution >= 4 is 0 Å². The molecule has 3 unspecified atom stereocenters. The molecule has 0 amide bonds. The Balaban J connectivity index is 1.50. The fourth-order valence-electron chi connectivity index (χ4n) is 3.88. The maximum absolute atomic E-state index is 5.46. The Bertz CT molecular complexity index is 302. The normalized spacial score (nSPS) is 36.6. The lowest BCUT2D eigenvalue weighted by Gasteiger charge is -2.42. The Labute approximate surface area is 117 Å². The van der Waals surface area contributed by atoms with Crippen LogP contribution in [0.15, 0.2) is 0 Å². The molecule has 4 heteroatoms. The molecule has 1 N–H and O–H groups in total. The molecule has 3 heterocycles. The molecule has 3 atom stereocenters. The van der Waals surface area contributed by atoms with E-state index in [9.17, 15) is 0 Å². The second-order valence-corrected chi connectivity index (χ2v) is 7.04. The van der Waals surface area contributed by atoms with E-state index in [1.165, 1.54) is 32.5 Å². The van der Waals surface area contributed by atoms with Gasteiger partial charge in [-0.3, -0.25) is 4.90 Å². The zero-order valence-corrected chi connectivity index (χ0v) is 12.5. The predicted octanol–water partition coefficient (Wildman–Crippen LogP) is 0.781. The second-order valence-electron chi connectivity index (χ2n) is 7.04. The summed E-state index contributed by atoms with van der Waals surface area (Å²) >= 11 is 0. The highest BCUT2D eigenvalue weighted by Crippen LogP contribution is 2.27. The summed E-state index contributed by atoms with van der Waals surface area (Å²) in [4.78, 5) is 5.20. The van der Waals surface area contributed by atoms with Crippen LogP contribution in [0.2, 0.25) is 0 Å². The number of fused-ring (bicyclic) bond motifs is 2. The minimum absolute atomic E-state index is 0.250. The summed E-state index contributed by atoms with van der Waals surface area (Å²) in [7, 11) is 0. The third-order valence-corrected chi connectivity index (χ3v) is 5.30. The van der Waals surface area contributed by atoms with E-state index in [-0.39, 0.29) is 5.54 Å². The van der Waals surface area contributed by atoms with Gasteiger partial charge in [-0.05, 0) is 45.7 Å². The summed E-state index contributed by atoms with van der Waals surface area (Å²) in [5.41, 5.74) is 0.250. The number of morpholine rings is 1. The first kappa shape index (κ1) is 13.8. The average molecular weight is 267 g/mol. The summed E-state index contributed by atoms with van der Waals surface area (Å²) in [5.74, 6) is 0.897. The molecular weight excluding hydrogens is 238 g/mol. The quantitative estimate of drug-likeness (QED) is 0.815. The Kier molecular flexibility index (Phi) is 4.13. The summed E-state index contributed by atoms with van der Waals surface area (Å²) < 4.78 is 5.46. The first-order chi connectivity index (χ1) is 9.15. The minimum Gasteiger partial charge on any atom is -0.379 e. The number of nitrogens with one attached hydrogen (secondary N) is 1. The SMILES string of the molecule is CC(C)(CNC1CCN2CCC1C2)N1CCOCC1. The van der Waals surface area contributed by atoms with E-state index in [0.29, 0.717) is 0 Å². The van der Waals surface area contributed by atoms with Crippen LogP contribution in [0.3, 0.4) is 0 Å². The fraction of sp³-hybridized carbons (Fsp3) is 1.00. The van der Waals surface area contributed by atoms with Crippen LogP contribution in [-0.2, 0) is 4.74 Å². The van der Waals surface area contributed by atoms with Gasteiger partial charge in [0.2, 0.25) is 0 Å². The summed E-state index contributed by atoms with van der Waals surface area (Å²) in [6, 6.07) is 0.749. The molecule has 0 aromatic rings. The molecule has 0 radical (unpaired) electrons. The third kappa shape index (κ3) is 3.13. The van der Waals surface area contributed by atoms with E-state index in [2.05, 4.69) is 29.0 Å². The van der Waals surface area contributed by atoms with E-state index in [4.69, 9.17) is 4.74 Å². The minimum atomic E-state index is 0.250. The molecule has 3 aliphatic heterocycles. The molecule has 2 bridgehead atoms. The Morgan fingerprint density at radius 2 is 1.84 bits per heavy atom. The zero-order chi connectivity index (χ0) is 13.3. The molecule has 0 spiro atoms. The van der Waals surface area contributed by atoms with Gasteiger partial charge in [0.25, 0.3) is 0 Å². The van der Waals surface area contributed by atoms with Crippen molar-refractivity contribution in [2.75, 3.05) is 52.5 Å². The van der Waals surface area contributed by atoms with Crippen molar-refractivity contribution in [3.8, 4) is 0 Å². The number of hydrogen-bond acceptors (Lipinski definition) is 4. The highest BCUT2D eigenvalue weighted by atomic mass is 16.5. The van der Waals surface area contributed by atoms with Crippen molar-refractivity contribution in [2.24, 2.45) is 5.92 Å². The van der Waals surface area contributed by atoms with Crippen LogP contribution in [0.4, 0.5) is 0 Å². The lowest BCUT2D eigenvalue weighted by Crippen LogP contribution is -2.57. The van der Waals surface area contributed by atoms with Crippen molar-refractivity contribution < 1.29 is 4.74 Å². The van der Waals surface area contributed by atoms with Crippen LogP contribution < -0.4 is 5.32 Å². The van der Waals surface area contributed by atoms with Gasteiger partial charge in [-0.15, -0.1) is 0 Å². The zero-order valence-electron chi connectivity index (χ0n) is 12.5. The lowest BCUT2D eigenvalue weighted by molar-refractivity contribution is -0.0113. The standard InChI is InChI=1S/C15H29N3O/c1-15(2,18-7-9-19-10-8-18)12-16-14-4-6-17-5-3-13(14)11-17/h13-14,16H,3-12H2,1-2H3. The maximum atomic E-state index is 5.46. The van der Waals surface area contributed by atoms with Gasteiger partial charge in [0, 0.05) is 37.8 Å². The van der Waals surface area contributed by atoms with Crippen LogP contribution in [0.5, 0.6) is 0 Å². The van der Waals surface area contributed by atoms with Crippen molar-refractivity contribution in [3.63, 3.8) is 0 Å². The monoisotopic (exact) mass is 267 g/mol. The molecule has 0 aromatic carbocycles. The fourth-order valence-corrected chi connectivity index (χ4v) is 3.88. The van der Waals surface area contributed by atoms with E-state index in [1.807, 2.05) is 0 Å². The number of nitrogens with zero attached hydrogens (tertiary/aromatic N) is 2. The highest BCUT2D eigenvalue weighted by Gasteiger charge is 2.35. The van der Waals surface area contributed by atoms with Crippen molar-refractivity contribution in [1.82, 2.24) is 15.1 Å². The molecule has 0 saturated carbocycles. The average Bonchev–Trinajstić information content (AvgIpc) is 2.81. The molecule has 0 aliphatic carbocycles. The topological polar surface area (TPSA) is 27.7 Å². The molecule has 3 fully saturated rings. The van der Waals surface area contributed by atoms with Gasteiger partial charge in [0.15, 0.2) is 0 Å². The van der Waals surface area contributed by atoms with Crippen molar-refractivity contribution in [1.29, 1.82) is 0 Å². The Morgan fingerprint density at radius 3 is 2.63 bits per heavy atom. The number of ether oxygens (including phenoxy) is 1. The molecule has 4 nitrogen and oxygen atoms in total. The largest absolute Gasteiger partial charge is 0.379 e. The number of rotatable bonds is 4. The van der Waals surface area contributed by atoms with Crippen molar-refractivity contribution in [2.45, 2.75) is 38.3 Å².